The molecule has 6 heteroatoms. The molecule has 0 radical (unpaired) electrons. The molecule has 0 unspecified atom stereocenters. The van der Waals surface area contributed by atoms with Crippen LogP contribution in [0.3, 0.4) is 0 Å². The highest BCUT2D eigenvalue weighted by Gasteiger charge is 2.70. The minimum atomic E-state index is -0.441. The predicted octanol–water partition coefficient (Wildman–Crippen LogP) is 0.879. The molecule has 118 valence electrons. The minimum absolute atomic E-state index is 0.117. The fourth-order valence-electron chi connectivity index (χ4n) is 6.05. The van der Waals surface area contributed by atoms with Crippen LogP contribution in [0.25, 0.3) is 0 Å². The van der Waals surface area contributed by atoms with E-state index in [-0.39, 0.29) is 35.7 Å². The lowest BCUT2D eigenvalue weighted by Gasteiger charge is -2.48. The number of hydrogen-bond donors (Lipinski definition) is 2. The normalized spacial score (nSPS) is 47.7. The first-order valence-corrected chi connectivity index (χ1v) is 8.37. The summed E-state index contributed by atoms with van der Waals surface area (Å²) in [4.78, 5) is 14.9. The number of hydrogen-bond acceptors (Lipinski definition) is 3. The Morgan fingerprint density at radius 3 is 2.68 bits per heavy atom. The van der Waals surface area contributed by atoms with Gasteiger partial charge in [-0.05, 0) is 42.6 Å². The van der Waals surface area contributed by atoms with Crippen LogP contribution < -0.4 is 0 Å². The van der Waals surface area contributed by atoms with Crippen molar-refractivity contribution in [2.24, 2.45) is 30.7 Å². The van der Waals surface area contributed by atoms with Gasteiger partial charge in [-0.25, -0.2) is 0 Å². The summed E-state index contributed by atoms with van der Waals surface area (Å²) in [7, 11) is 1.80. The molecule has 0 spiro atoms. The van der Waals surface area contributed by atoms with Crippen LogP contribution >= 0.6 is 11.6 Å². The summed E-state index contributed by atoms with van der Waals surface area (Å²) in [5.41, 5.74) is 0.524. The number of carbonyl (C=O) groups is 1. The average molecular weight is 323 g/mol. The van der Waals surface area contributed by atoms with Crippen LogP contribution in [0, 0.1) is 23.7 Å². The molecule has 4 fully saturated rings. The first-order valence-electron chi connectivity index (χ1n) is 7.99. The lowest BCUT2D eigenvalue weighted by Crippen LogP contribution is -2.62. The number of aliphatic hydroxyl groups excluding tert-OH is 2. The SMILES string of the molecule is Cn1cc(Cl)cc1C(=O)N1[C@H]2[C@@H](O)[C@@H]3C[C@H]2[C@H]2[C@H](O)[C@@H]1C[C@H]32. The van der Waals surface area contributed by atoms with Gasteiger partial charge in [0.1, 0.15) is 5.69 Å². The molecule has 5 nitrogen and oxygen atoms in total. The zero-order valence-corrected chi connectivity index (χ0v) is 13.0. The lowest BCUT2D eigenvalue weighted by atomic mass is 9.75. The zero-order chi connectivity index (χ0) is 15.3. The molecule has 1 amide bonds. The molecular formula is C16H19ClN2O3. The maximum atomic E-state index is 13.1. The number of halogens is 1. The maximum absolute atomic E-state index is 13.1. The second kappa shape index (κ2) is 4.08. The lowest BCUT2D eigenvalue weighted by molar-refractivity contribution is -0.0838. The highest BCUT2D eigenvalue weighted by molar-refractivity contribution is 6.31. The van der Waals surface area contributed by atoms with Crippen molar-refractivity contribution in [2.75, 3.05) is 0 Å². The summed E-state index contributed by atoms with van der Waals surface area (Å²) in [5, 5.41) is 21.8. The summed E-state index contributed by atoms with van der Waals surface area (Å²) in [6.07, 6.45) is 2.60. The summed E-state index contributed by atoms with van der Waals surface area (Å²) in [5.74, 6) is 1.05. The van der Waals surface area contributed by atoms with Crippen LogP contribution in [-0.2, 0) is 7.05 Å². The molecule has 4 bridgehead atoms. The molecule has 1 saturated heterocycles. The van der Waals surface area contributed by atoms with Crippen LogP contribution in [0.2, 0.25) is 5.02 Å². The van der Waals surface area contributed by atoms with Gasteiger partial charge in [-0.1, -0.05) is 11.6 Å². The van der Waals surface area contributed by atoms with Crippen molar-refractivity contribution in [1.29, 1.82) is 0 Å². The van der Waals surface area contributed by atoms with Gasteiger partial charge in [0.15, 0.2) is 0 Å². The van der Waals surface area contributed by atoms with Crippen molar-refractivity contribution < 1.29 is 15.0 Å². The highest BCUT2D eigenvalue weighted by atomic mass is 35.5. The standard InChI is InChI=1S/C16H19ClN2O3/c1-18-5-6(17)2-11(18)16(22)19-10-4-7-8-3-9(12(7)15(10)21)13(19)14(8)20/h2,5,7-10,12-15,20-21H,3-4H2,1H3/t7-,8-,9+,10+,12+,13-,14+,15-/m1/s1. The molecule has 2 heterocycles. The van der Waals surface area contributed by atoms with E-state index in [0.29, 0.717) is 16.6 Å². The second-order valence-electron chi connectivity index (χ2n) is 7.45. The monoisotopic (exact) mass is 322 g/mol. The molecule has 1 aliphatic heterocycles. The molecule has 5 rings (SSSR count). The van der Waals surface area contributed by atoms with E-state index >= 15 is 0 Å². The number of aromatic nitrogens is 1. The Morgan fingerprint density at radius 2 is 2.00 bits per heavy atom. The summed E-state index contributed by atoms with van der Waals surface area (Å²) in [6.45, 7) is 0. The Kier molecular flexibility index (Phi) is 2.48. The van der Waals surface area contributed by atoms with Gasteiger partial charge in [0.2, 0.25) is 0 Å². The molecule has 1 aromatic heterocycles. The smallest absolute Gasteiger partial charge is 0.271 e. The summed E-state index contributed by atoms with van der Waals surface area (Å²) in [6, 6.07) is 1.38. The first-order chi connectivity index (χ1) is 10.5. The maximum Gasteiger partial charge on any atom is 0.271 e. The fraction of sp³-hybridized carbons (Fsp3) is 0.688. The van der Waals surface area contributed by atoms with Crippen LogP contribution in [0.1, 0.15) is 23.3 Å². The Labute approximate surface area is 133 Å². The predicted molar refractivity (Wildman–Crippen MR) is 79.4 cm³/mol. The van der Waals surface area contributed by atoms with Crippen molar-refractivity contribution in [3.05, 3.63) is 23.0 Å². The highest BCUT2D eigenvalue weighted by Crippen LogP contribution is 2.64. The molecule has 2 N–H and O–H groups in total. The molecule has 0 aromatic carbocycles. The average Bonchev–Trinajstić information content (AvgIpc) is 3.11. The van der Waals surface area contributed by atoms with E-state index in [4.69, 9.17) is 11.6 Å². The summed E-state index contributed by atoms with van der Waals surface area (Å²) < 4.78 is 1.72. The minimum Gasteiger partial charge on any atom is -0.391 e. The first kappa shape index (κ1) is 13.4. The number of nitrogens with zero attached hydrogens (tertiary/aromatic N) is 2. The van der Waals surface area contributed by atoms with Crippen molar-refractivity contribution in [1.82, 2.24) is 9.47 Å². The Balaban J connectivity index is 1.60. The largest absolute Gasteiger partial charge is 0.391 e. The van der Waals surface area contributed by atoms with Gasteiger partial charge in [-0.15, -0.1) is 0 Å². The summed E-state index contributed by atoms with van der Waals surface area (Å²) >= 11 is 6.01. The van der Waals surface area contributed by atoms with Crippen LogP contribution in [-0.4, -0.2) is 49.9 Å². The third-order valence-electron chi connectivity index (χ3n) is 6.72. The van der Waals surface area contributed by atoms with Gasteiger partial charge in [0.05, 0.1) is 29.3 Å². The third-order valence-corrected chi connectivity index (χ3v) is 6.92. The quantitative estimate of drug-likeness (QED) is 0.806. The number of likely N-dealkylation sites (tertiary alicyclic amines) is 1. The van der Waals surface area contributed by atoms with E-state index in [0.717, 1.165) is 12.8 Å². The van der Waals surface area contributed by atoms with E-state index in [1.807, 2.05) is 0 Å². The van der Waals surface area contributed by atoms with Gasteiger partial charge in [0.25, 0.3) is 5.91 Å². The molecular weight excluding hydrogens is 304 g/mol. The van der Waals surface area contributed by atoms with Crippen molar-refractivity contribution >= 4 is 17.5 Å². The molecule has 3 saturated carbocycles. The van der Waals surface area contributed by atoms with Crippen molar-refractivity contribution in [3.8, 4) is 0 Å². The number of carbonyl (C=O) groups excluding carboxylic acids is 1. The molecule has 3 aliphatic carbocycles. The Hall–Kier alpha value is -1.04. The Bertz CT molecular complexity index is 674. The van der Waals surface area contributed by atoms with E-state index in [2.05, 4.69) is 0 Å². The number of fused-ring (bicyclic) bond motifs is 3. The van der Waals surface area contributed by atoms with Crippen LogP contribution in [0.4, 0.5) is 0 Å². The molecule has 22 heavy (non-hydrogen) atoms. The third kappa shape index (κ3) is 1.36. The van der Waals surface area contributed by atoms with Gasteiger partial charge in [-0.2, -0.15) is 0 Å². The molecule has 4 aliphatic rings. The zero-order valence-electron chi connectivity index (χ0n) is 12.3. The van der Waals surface area contributed by atoms with Gasteiger partial charge < -0.3 is 19.7 Å². The van der Waals surface area contributed by atoms with Crippen molar-refractivity contribution in [2.45, 2.75) is 37.1 Å². The van der Waals surface area contributed by atoms with E-state index in [9.17, 15) is 15.0 Å². The van der Waals surface area contributed by atoms with Crippen molar-refractivity contribution in [3.63, 3.8) is 0 Å². The second-order valence-corrected chi connectivity index (χ2v) is 7.88. The van der Waals surface area contributed by atoms with E-state index in [1.54, 1.807) is 28.8 Å². The topological polar surface area (TPSA) is 65.7 Å². The number of piperidine rings is 1. The number of rotatable bonds is 1. The van der Waals surface area contributed by atoms with Crippen LogP contribution in [0.15, 0.2) is 12.3 Å². The van der Waals surface area contributed by atoms with Crippen LogP contribution in [0.5, 0.6) is 0 Å². The number of aryl methyl sites for hydroxylation is 1. The number of aliphatic hydroxyl groups is 2. The fourth-order valence-corrected chi connectivity index (χ4v) is 6.30. The van der Waals surface area contributed by atoms with Gasteiger partial charge in [-0.3, -0.25) is 4.79 Å². The van der Waals surface area contributed by atoms with Gasteiger partial charge >= 0.3 is 0 Å². The van der Waals surface area contributed by atoms with E-state index in [1.165, 1.54) is 0 Å². The van der Waals surface area contributed by atoms with E-state index < -0.39 is 12.2 Å². The molecule has 1 aromatic rings. The van der Waals surface area contributed by atoms with Gasteiger partial charge in [0, 0.05) is 13.2 Å². The number of amides is 1. The Morgan fingerprint density at radius 1 is 1.23 bits per heavy atom. The molecule has 8 atom stereocenters.